The fraction of sp³-hybridized carbons (Fsp3) is 0.318. The quantitative estimate of drug-likeness (QED) is 0.730. The van der Waals surface area contributed by atoms with Crippen LogP contribution >= 0.6 is 0 Å². The third kappa shape index (κ3) is 4.06. The standard InChI is InChI=1S/C22H23N3O3/c1-14-6-11-21(23-13-14)28-16-9-7-15(8-10-16)24-22(27)18-12-20(26)25-19-5-3-2-4-17(18)19/h2-6,11-13,15-16H,7-10H2,1H3,(H,24,27)(H,25,26). The summed E-state index contributed by atoms with van der Waals surface area (Å²) in [6, 6.07) is 12.7. The van der Waals surface area contributed by atoms with Gasteiger partial charge in [0.05, 0.1) is 5.56 Å². The van der Waals surface area contributed by atoms with Crippen molar-refractivity contribution in [2.45, 2.75) is 44.8 Å². The Kier molecular flexibility index (Phi) is 5.10. The van der Waals surface area contributed by atoms with Crippen molar-refractivity contribution < 1.29 is 9.53 Å². The van der Waals surface area contributed by atoms with E-state index in [9.17, 15) is 9.59 Å². The van der Waals surface area contributed by atoms with Gasteiger partial charge >= 0.3 is 0 Å². The number of aromatic amines is 1. The number of nitrogens with zero attached hydrogens (tertiary/aromatic N) is 1. The molecule has 1 fully saturated rings. The number of amides is 1. The number of benzene rings is 1. The first kappa shape index (κ1) is 18.2. The summed E-state index contributed by atoms with van der Waals surface area (Å²) in [5, 5.41) is 3.84. The monoisotopic (exact) mass is 377 g/mol. The van der Waals surface area contributed by atoms with Crippen molar-refractivity contribution in [1.82, 2.24) is 15.3 Å². The lowest BCUT2D eigenvalue weighted by molar-refractivity contribution is 0.0891. The Morgan fingerprint density at radius 3 is 2.68 bits per heavy atom. The maximum Gasteiger partial charge on any atom is 0.252 e. The van der Waals surface area contributed by atoms with Gasteiger partial charge in [-0.2, -0.15) is 0 Å². The minimum absolute atomic E-state index is 0.0800. The number of para-hydroxylation sites is 1. The molecule has 28 heavy (non-hydrogen) atoms. The molecule has 2 heterocycles. The van der Waals surface area contributed by atoms with Crippen LogP contribution in [-0.4, -0.2) is 28.0 Å². The number of rotatable bonds is 4. The number of pyridine rings is 2. The van der Waals surface area contributed by atoms with E-state index in [-0.39, 0.29) is 23.6 Å². The summed E-state index contributed by atoms with van der Waals surface area (Å²) in [5.74, 6) is 0.444. The lowest BCUT2D eigenvalue weighted by Gasteiger charge is -2.29. The molecule has 1 saturated carbocycles. The van der Waals surface area contributed by atoms with Gasteiger partial charge in [0.15, 0.2) is 0 Å². The predicted octanol–water partition coefficient (Wildman–Crippen LogP) is 3.35. The van der Waals surface area contributed by atoms with Gasteiger partial charge in [-0.05, 0) is 44.2 Å². The minimum Gasteiger partial charge on any atom is -0.474 e. The maximum absolute atomic E-state index is 12.8. The summed E-state index contributed by atoms with van der Waals surface area (Å²) in [4.78, 5) is 31.7. The van der Waals surface area contributed by atoms with Crippen LogP contribution < -0.4 is 15.6 Å². The predicted molar refractivity (Wildman–Crippen MR) is 108 cm³/mol. The number of hydrogen-bond acceptors (Lipinski definition) is 4. The smallest absolute Gasteiger partial charge is 0.252 e. The molecule has 0 saturated heterocycles. The van der Waals surface area contributed by atoms with Crippen molar-refractivity contribution in [3.8, 4) is 5.88 Å². The highest BCUT2D eigenvalue weighted by molar-refractivity contribution is 6.06. The fourth-order valence-electron chi connectivity index (χ4n) is 3.68. The summed E-state index contributed by atoms with van der Waals surface area (Å²) in [6.07, 6.45) is 5.30. The van der Waals surface area contributed by atoms with Crippen molar-refractivity contribution in [2.75, 3.05) is 0 Å². The average Bonchev–Trinajstić information content (AvgIpc) is 2.70. The van der Waals surface area contributed by atoms with Crippen LogP contribution in [0.15, 0.2) is 53.5 Å². The van der Waals surface area contributed by atoms with Gasteiger partial charge in [-0.3, -0.25) is 9.59 Å². The van der Waals surface area contributed by atoms with Gasteiger partial charge in [-0.25, -0.2) is 4.98 Å². The van der Waals surface area contributed by atoms with E-state index in [1.165, 1.54) is 6.07 Å². The van der Waals surface area contributed by atoms with E-state index in [0.29, 0.717) is 17.0 Å². The number of carbonyl (C=O) groups is 1. The number of H-pyrrole nitrogens is 1. The molecule has 2 N–H and O–H groups in total. The van der Waals surface area contributed by atoms with Crippen LogP contribution in [0.3, 0.4) is 0 Å². The van der Waals surface area contributed by atoms with Gasteiger partial charge in [0.25, 0.3) is 5.91 Å². The number of ether oxygens (including phenoxy) is 1. The molecule has 1 aromatic carbocycles. The normalized spacial score (nSPS) is 19.3. The molecular formula is C22H23N3O3. The van der Waals surface area contributed by atoms with E-state index in [1.807, 2.05) is 37.3 Å². The van der Waals surface area contributed by atoms with E-state index in [0.717, 1.165) is 36.6 Å². The fourth-order valence-corrected chi connectivity index (χ4v) is 3.68. The summed E-state index contributed by atoms with van der Waals surface area (Å²) in [7, 11) is 0. The van der Waals surface area contributed by atoms with Crippen molar-refractivity contribution in [1.29, 1.82) is 0 Å². The van der Waals surface area contributed by atoms with E-state index >= 15 is 0 Å². The van der Waals surface area contributed by atoms with Crippen molar-refractivity contribution in [3.63, 3.8) is 0 Å². The molecule has 6 heteroatoms. The van der Waals surface area contributed by atoms with E-state index in [2.05, 4.69) is 15.3 Å². The lowest BCUT2D eigenvalue weighted by atomic mass is 9.92. The van der Waals surface area contributed by atoms with Gasteiger partial charge in [0, 0.05) is 35.3 Å². The second-order valence-corrected chi connectivity index (χ2v) is 7.33. The second kappa shape index (κ2) is 7.84. The number of carbonyl (C=O) groups excluding carboxylic acids is 1. The first-order chi connectivity index (χ1) is 13.6. The Morgan fingerprint density at radius 2 is 1.93 bits per heavy atom. The molecule has 6 nitrogen and oxygen atoms in total. The van der Waals surface area contributed by atoms with Gasteiger partial charge in [-0.1, -0.05) is 24.3 Å². The summed E-state index contributed by atoms with van der Waals surface area (Å²) < 4.78 is 5.95. The van der Waals surface area contributed by atoms with Crippen molar-refractivity contribution >= 4 is 16.8 Å². The van der Waals surface area contributed by atoms with Crippen LogP contribution in [0, 0.1) is 6.92 Å². The summed E-state index contributed by atoms with van der Waals surface area (Å²) in [5.41, 5.74) is 1.92. The van der Waals surface area contributed by atoms with Crippen molar-refractivity contribution in [3.05, 3.63) is 70.1 Å². The molecule has 0 spiro atoms. The zero-order chi connectivity index (χ0) is 19.5. The highest BCUT2D eigenvalue weighted by Crippen LogP contribution is 2.24. The molecule has 2 aromatic heterocycles. The van der Waals surface area contributed by atoms with Crippen LogP contribution in [0.2, 0.25) is 0 Å². The minimum atomic E-state index is -0.272. The Labute approximate surface area is 163 Å². The Bertz CT molecular complexity index is 1030. The first-order valence-corrected chi connectivity index (χ1v) is 9.61. The Morgan fingerprint density at radius 1 is 1.14 bits per heavy atom. The van der Waals surface area contributed by atoms with E-state index < -0.39 is 0 Å². The third-order valence-corrected chi connectivity index (χ3v) is 5.18. The number of nitrogens with one attached hydrogen (secondary N) is 2. The molecule has 0 radical (unpaired) electrons. The molecule has 0 aliphatic heterocycles. The highest BCUT2D eigenvalue weighted by atomic mass is 16.5. The number of hydrogen-bond donors (Lipinski definition) is 2. The van der Waals surface area contributed by atoms with Crippen LogP contribution in [0.1, 0.15) is 41.6 Å². The van der Waals surface area contributed by atoms with Crippen LogP contribution in [-0.2, 0) is 0 Å². The Hall–Kier alpha value is -3.15. The zero-order valence-corrected chi connectivity index (χ0v) is 15.8. The molecule has 0 unspecified atom stereocenters. The van der Waals surface area contributed by atoms with Crippen LogP contribution in [0.5, 0.6) is 5.88 Å². The van der Waals surface area contributed by atoms with E-state index in [1.54, 1.807) is 12.3 Å². The molecule has 0 atom stereocenters. The molecule has 3 aromatic rings. The van der Waals surface area contributed by atoms with Crippen LogP contribution in [0.4, 0.5) is 0 Å². The third-order valence-electron chi connectivity index (χ3n) is 5.18. The van der Waals surface area contributed by atoms with Gasteiger partial charge in [0.2, 0.25) is 11.4 Å². The summed E-state index contributed by atoms with van der Waals surface area (Å²) >= 11 is 0. The van der Waals surface area contributed by atoms with Gasteiger partial charge in [0.1, 0.15) is 6.10 Å². The van der Waals surface area contributed by atoms with E-state index in [4.69, 9.17) is 4.74 Å². The molecule has 1 aliphatic carbocycles. The zero-order valence-electron chi connectivity index (χ0n) is 15.8. The lowest BCUT2D eigenvalue weighted by Crippen LogP contribution is -2.40. The SMILES string of the molecule is Cc1ccc(OC2CCC(NC(=O)c3cc(=O)[nH]c4ccccc34)CC2)nc1. The molecule has 1 aliphatic rings. The van der Waals surface area contributed by atoms with Crippen molar-refractivity contribution in [2.24, 2.45) is 0 Å². The number of aryl methyl sites for hydroxylation is 1. The maximum atomic E-state index is 12.8. The second-order valence-electron chi connectivity index (χ2n) is 7.33. The number of fused-ring (bicyclic) bond motifs is 1. The molecular weight excluding hydrogens is 354 g/mol. The topological polar surface area (TPSA) is 84.1 Å². The molecule has 144 valence electrons. The highest BCUT2D eigenvalue weighted by Gasteiger charge is 2.25. The number of aromatic nitrogens is 2. The summed E-state index contributed by atoms with van der Waals surface area (Å²) in [6.45, 7) is 1.99. The van der Waals surface area contributed by atoms with Gasteiger partial charge in [-0.15, -0.1) is 0 Å². The van der Waals surface area contributed by atoms with Gasteiger partial charge < -0.3 is 15.0 Å². The van der Waals surface area contributed by atoms with Crippen LogP contribution in [0.25, 0.3) is 10.9 Å². The first-order valence-electron chi connectivity index (χ1n) is 9.61. The molecule has 1 amide bonds. The average molecular weight is 377 g/mol. The molecule has 4 rings (SSSR count). The molecule has 0 bridgehead atoms. The Balaban J connectivity index is 1.38. The largest absolute Gasteiger partial charge is 0.474 e.